The Labute approximate surface area is 97.6 Å². The average molecular weight is 229 g/mol. The molecule has 0 atom stereocenters. The molecule has 5 nitrogen and oxygen atoms in total. The van der Waals surface area contributed by atoms with Gasteiger partial charge in [-0.25, -0.2) is 0 Å². The van der Waals surface area contributed by atoms with E-state index in [1.54, 1.807) is 19.0 Å². The van der Waals surface area contributed by atoms with E-state index < -0.39 is 0 Å². The minimum absolute atomic E-state index is 0.0417. The first kappa shape index (κ1) is 14.9. The second-order valence-electron chi connectivity index (χ2n) is 4.10. The summed E-state index contributed by atoms with van der Waals surface area (Å²) in [5.41, 5.74) is 0. The summed E-state index contributed by atoms with van der Waals surface area (Å²) in [5, 5.41) is 5.71. The molecule has 0 saturated heterocycles. The first-order valence-electron chi connectivity index (χ1n) is 5.65. The van der Waals surface area contributed by atoms with Crippen LogP contribution in [0.5, 0.6) is 0 Å². The van der Waals surface area contributed by atoms with E-state index in [0.29, 0.717) is 32.0 Å². The van der Waals surface area contributed by atoms with Gasteiger partial charge in [-0.15, -0.1) is 0 Å². The number of amides is 2. The monoisotopic (exact) mass is 229 g/mol. The fourth-order valence-corrected chi connectivity index (χ4v) is 1.18. The molecule has 0 saturated carbocycles. The van der Waals surface area contributed by atoms with Crippen LogP contribution >= 0.6 is 0 Å². The van der Waals surface area contributed by atoms with Gasteiger partial charge in [-0.3, -0.25) is 9.59 Å². The number of nitrogens with one attached hydrogen (secondary N) is 2. The Morgan fingerprint density at radius 2 is 1.88 bits per heavy atom. The van der Waals surface area contributed by atoms with Gasteiger partial charge in [-0.05, 0) is 0 Å². The molecule has 0 heterocycles. The summed E-state index contributed by atoms with van der Waals surface area (Å²) in [6.07, 6.45) is 0.832. The fraction of sp³-hybridized carbons (Fsp3) is 0.818. The lowest BCUT2D eigenvalue weighted by Crippen LogP contribution is -2.34. The zero-order valence-corrected chi connectivity index (χ0v) is 10.7. The van der Waals surface area contributed by atoms with Gasteiger partial charge in [-0.1, -0.05) is 13.8 Å². The van der Waals surface area contributed by atoms with E-state index in [1.807, 2.05) is 13.8 Å². The number of carbonyl (C=O) groups is 2. The highest BCUT2D eigenvalue weighted by Crippen LogP contribution is 1.93. The van der Waals surface area contributed by atoms with Crippen molar-refractivity contribution in [3.8, 4) is 0 Å². The summed E-state index contributed by atoms with van der Waals surface area (Å²) in [5.74, 6) is 0.0250. The van der Waals surface area contributed by atoms with Gasteiger partial charge in [0.05, 0.1) is 0 Å². The molecule has 2 N–H and O–H groups in total. The van der Waals surface area contributed by atoms with Crippen LogP contribution in [0.4, 0.5) is 0 Å². The minimum Gasteiger partial charge on any atom is -0.359 e. The first-order chi connectivity index (χ1) is 7.47. The minimum atomic E-state index is -0.0417. The average Bonchev–Trinajstić information content (AvgIpc) is 2.24. The van der Waals surface area contributed by atoms with Crippen LogP contribution in [0.25, 0.3) is 0 Å². The maximum atomic E-state index is 11.6. The molecule has 0 radical (unpaired) electrons. The quantitative estimate of drug-likeness (QED) is 0.644. The lowest BCUT2D eigenvalue weighted by molar-refractivity contribution is -0.130. The third-order valence-electron chi connectivity index (χ3n) is 2.27. The van der Waals surface area contributed by atoms with Crippen LogP contribution in [-0.2, 0) is 9.59 Å². The Morgan fingerprint density at radius 1 is 1.25 bits per heavy atom. The lowest BCUT2D eigenvalue weighted by Gasteiger charge is -2.17. The molecule has 0 rings (SSSR count). The van der Waals surface area contributed by atoms with Crippen LogP contribution in [0.15, 0.2) is 0 Å². The van der Waals surface area contributed by atoms with Crippen molar-refractivity contribution in [2.75, 3.05) is 27.2 Å². The van der Waals surface area contributed by atoms with Gasteiger partial charge in [0.25, 0.3) is 0 Å². The fourth-order valence-electron chi connectivity index (χ4n) is 1.18. The standard InChI is InChI=1S/C11H23N3O2/c1-9(2)13-7-5-11(16)14(4)8-6-10(15)12-3/h9,13H,5-8H2,1-4H3,(H,12,15). The molecule has 0 aliphatic carbocycles. The lowest BCUT2D eigenvalue weighted by atomic mass is 10.3. The van der Waals surface area contributed by atoms with E-state index in [9.17, 15) is 9.59 Å². The molecule has 5 heteroatoms. The molecular formula is C11H23N3O2. The number of hydrogen-bond acceptors (Lipinski definition) is 3. The summed E-state index contributed by atoms with van der Waals surface area (Å²) in [6.45, 7) is 5.24. The summed E-state index contributed by atoms with van der Waals surface area (Å²) < 4.78 is 0. The van der Waals surface area contributed by atoms with Crippen molar-refractivity contribution < 1.29 is 9.59 Å². The molecule has 16 heavy (non-hydrogen) atoms. The molecule has 0 bridgehead atoms. The highest BCUT2D eigenvalue weighted by atomic mass is 16.2. The predicted octanol–water partition coefficient (Wildman–Crippen LogP) is -0.0310. The van der Waals surface area contributed by atoms with Crippen LogP contribution < -0.4 is 10.6 Å². The normalized spacial score (nSPS) is 10.3. The van der Waals surface area contributed by atoms with Crippen LogP contribution in [0.1, 0.15) is 26.7 Å². The van der Waals surface area contributed by atoms with E-state index >= 15 is 0 Å². The second-order valence-corrected chi connectivity index (χ2v) is 4.10. The van der Waals surface area contributed by atoms with Crippen molar-refractivity contribution >= 4 is 11.8 Å². The molecule has 0 fully saturated rings. The third kappa shape index (κ3) is 7.23. The van der Waals surface area contributed by atoms with Crippen LogP contribution in [-0.4, -0.2) is 49.9 Å². The number of carbonyl (C=O) groups excluding carboxylic acids is 2. The maximum absolute atomic E-state index is 11.6. The van der Waals surface area contributed by atoms with Crippen molar-refractivity contribution in [2.24, 2.45) is 0 Å². The Balaban J connectivity index is 3.69. The van der Waals surface area contributed by atoms with Gasteiger partial charge in [-0.2, -0.15) is 0 Å². The molecule has 0 aromatic carbocycles. The summed E-state index contributed by atoms with van der Waals surface area (Å²) >= 11 is 0. The molecule has 0 unspecified atom stereocenters. The third-order valence-corrected chi connectivity index (χ3v) is 2.27. The van der Waals surface area contributed by atoms with Crippen molar-refractivity contribution in [3.05, 3.63) is 0 Å². The summed E-state index contributed by atoms with van der Waals surface area (Å²) in [7, 11) is 3.32. The van der Waals surface area contributed by atoms with Gasteiger partial charge in [0, 0.05) is 46.1 Å². The molecule has 94 valence electrons. The highest BCUT2D eigenvalue weighted by Gasteiger charge is 2.09. The summed E-state index contributed by atoms with van der Waals surface area (Å²) in [4.78, 5) is 24.2. The topological polar surface area (TPSA) is 61.4 Å². The molecule has 0 aromatic rings. The molecule has 0 aliphatic rings. The van der Waals surface area contributed by atoms with Crippen molar-refractivity contribution in [2.45, 2.75) is 32.7 Å². The van der Waals surface area contributed by atoms with Gasteiger partial charge < -0.3 is 15.5 Å². The summed E-state index contributed by atoms with van der Waals surface area (Å²) in [6, 6.07) is 0.393. The van der Waals surface area contributed by atoms with E-state index in [-0.39, 0.29) is 11.8 Å². The molecule has 0 aliphatic heterocycles. The largest absolute Gasteiger partial charge is 0.359 e. The van der Waals surface area contributed by atoms with Gasteiger partial charge in [0.15, 0.2) is 0 Å². The molecule has 2 amide bonds. The number of hydrogen-bond donors (Lipinski definition) is 2. The highest BCUT2D eigenvalue weighted by molar-refractivity contribution is 5.78. The zero-order chi connectivity index (χ0) is 12.6. The van der Waals surface area contributed by atoms with Crippen molar-refractivity contribution in [1.82, 2.24) is 15.5 Å². The number of nitrogens with zero attached hydrogens (tertiary/aromatic N) is 1. The molecule has 0 aromatic heterocycles. The van der Waals surface area contributed by atoms with Crippen molar-refractivity contribution in [3.63, 3.8) is 0 Å². The van der Waals surface area contributed by atoms with Gasteiger partial charge in [0.1, 0.15) is 0 Å². The smallest absolute Gasteiger partial charge is 0.223 e. The van der Waals surface area contributed by atoms with Gasteiger partial charge in [0.2, 0.25) is 11.8 Å². The van der Waals surface area contributed by atoms with Gasteiger partial charge >= 0.3 is 0 Å². The Kier molecular flexibility index (Phi) is 7.54. The predicted molar refractivity (Wildman–Crippen MR) is 64.1 cm³/mol. The Bertz CT molecular complexity index is 229. The zero-order valence-electron chi connectivity index (χ0n) is 10.7. The van der Waals surface area contributed by atoms with Crippen LogP contribution in [0, 0.1) is 0 Å². The SMILES string of the molecule is CNC(=O)CCN(C)C(=O)CCNC(C)C. The maximum Gasteiger partial charge on any atom is 0.223 e. The Morgan fingerprint density at radius 3 is 2.38 bits per heavy atom. The second kappa shape index (κ2) is 8.10. The van der Waals surface area contributed by atoms with E-state index in [0.717, 1.165) is 0 Å². The molecular weight excluding hydrogens is 206 g/mol. The van der Waals surface area contributed by atoms with Crippen LogP contribution in [0.3, 0.4) is 0 Å². The van der Waals surface area contributed by atoms with Crippen LogP contribution in [0.2, 0.25) is 0 Å². The van der Waals surface area contributed by atoms with E-state index in [4.69, 9.17) is 0 Å². The first-order valence-corrected chi connectivity index (χ1v) is 5.65. The van der Waals surface area contributed by atoms with Crippen molar-refractivity contribution in [1.29, 1.82) is 0 Å². The van der Waals surface area contributed by atoms with E-state index in [1.165, 1.54) is 0 Å². The van der Waals surface area contributed by atoms with E-state index in [2.05, 4.69) is 10.6 Å². The molecule has 0 spiro atoms. The Hall–Kier alpha value is -1.10. The number of rotatable bonds is 7.